The van der Waals surface area contributed by atoms with E-state index in [0.29, 0.717) is 0 Å². The first-order valence-corrected chi connectivity index (χ1v) is 11.8. The Balaban J connectivity index is 1.53. The molecule has 1 heterocycles. The zero-order valence-corrected chi connectivity index (χ0v) is 19.8. The summed E-state index contributed by atoms with van der Waals surface area (Å²) in [6.07, 6.45) is 16.5. The van der Waals surface area contributed by atoms with Crippen LogP contribution in [0.1, 0.15) is 56.6 Å². The molecule has 1 aromatic carbocycles. The standard InChI is InChI=1S/C29H35N3/c1-21(2)28-15-14-27(18-22(3)29(28)31-30-4)25-12-10-24(11-13-25)26-9-7-8-23(19-26)20-32-16-5-6-17-32/h9-15,18-19,27H,1,5-8,16-17,20H2,2-4H3/t27-/m0/s1. The van der Waals surface area contributed by atoms with E-state index in [0.717, 1.165) is 35.4 Å². The van der Waals surface area contributed by atoms with Crippen molar-refractivity contribution in [2.24, 2.45) is 10.2 Å². The van der Waals surface area contributed by atoms with Crippen molar-refractivity contribution in [3.05, 3.63) is 100 Å². The van der Waals surface area contributed by atoms with Crippen molar-refractivity contribution in [1.82, 2.24) is 4.90 Å². The molecule has 0 saturated carbocycles. The molecular formula is C29H35N3. The molecule has 0 bridgehead atoms. The highest BCUT2D eigenvalue weighted by Crippen LogP contribution is 2.33. The molecule has 3 heteroatoms. The Labute approximate surface area is 193 Å². The van der Waals surface area contributed by atoms with Crippen LogP contribution < -0.4 is 0 Å². The predicted molar refractivity (Wildman–Crippen MR) is 136 cm³/mol. The van der Waals surface area contributed by atoms with Gasteiger partial charge in [-0.05, 0) is 80.5 Å². The summed E-state index contributed by atoms with van der Waals surface area (Å²) in [5.74, 6) is 0.213. The summed E-state index contributed by atoms with van der Waals surface area (Å²) < 4.78 is 0. The van der Waals surface area contributed by atoms with Crippen molar-refractivity contribution in [1.29, 1.82) is 0 Å². The fourth-order valence-electron chi connectivity index (χ4n) is 4.90. The van der Waals surface area contributed by atoms with E-state index in [1.54, 1.807) is 12.6 Å². The molecule has 0 N–H and O–H groups in total. The molecule has 0 aromatic heterocycles. The topological polar surface area (TPSA) is 28.0 Å². The normalized spacial score (nSPS) is 22.1. The molecule has 0 amide bonds. The van der Waals surface area contributed by atoms with Crippen LogP contribution in [0, 0.1) is 0 Å². The smallest absolute Gasteiger partial charge is 0.0953 e. The van der Waals surface area contributed by atoms with Gasteiger partial charge in [0.1, 0.15) is 0 Å². The van der Waals surface area contributed by atoms with Gasteiger partial charge < -0.3 is 0 Å². The molecule has 3 nitrogen and oxygen atoms in total. The highest BCUT2D eigenvalue weighted by atomic mass is 15.1. The molecule has 0 radical (unpaired) electrons. The molecule has 166 valence electrons. The molecule has 1 fully saturated rings. The minimum atomic E-state index is 0.213. The molecule has 1 saturated heterocycles. The summed E-state index contributed by atoms with van der Waals surface area (Å²) in [5.41, 5.74) is 9.67. The molecule has 2 aliphatic carbocycles. The molecule has 1 atom stereocenters. The molecule has 0 spiro atoms. The van der Waals surface area contributed by atoms with E-state index in [1.807, 2.05) is 6.92 Å². The van der Waals surface area contributed by atoms with E-state index < -0.39 is 0 Å². The number of likely N-dealkylation sites (tertiary alicyclic amines) is 1. The Bertz CT molecular complexity index is 1040. The monoisotopic (exact) mass is 425 g/mol. The molecule has 1 aliphatic heterocycles. The Morgan fingerprint density at radius 1 is 1.16 bits per heavy atom. The van der Waals surface area contributed by atoms with Crippen molar-refractivity contribution >= 4 is 5.57 Å². The average molecular weight is 426 g/mol. The highest BCUT2D eigenvalue weighted by molar-refractivity contribution is 5.76. The van der Waals surface area contributed by atoms with Crippen LogP contribution in [0.4, 0.5) is 0 Å². The summed E-state index contributed by atoms with van der Waals surface area (Å²) in [7, 11) is 1.71. The second-order valence-electron chi connectivity index (χ2n) is 9.18. The number of benzene rings is 1. The van der Waals surface area contributed by atoms with Gasteiger partial charge in [0.25, 0.3) is 0 Å². The van der Waals surface area contributed by atoms with Crippen LogP contribution in [-0.4, -0.2) is 31.6 Å². The van der Waals surface area contributed by atoms with Gasteiger partial charge in [0.15, 0.2) is 0 Å². The maximum atomic E-state index is 4.38. The summed E-state index contributed by atoms with van der Waals surface area (Å²) in [4.78, 5) is 2.60. The lowest BCUT2D eigenvalue weighted by atomic mass is 9.91. The van der Waals surface area contributed by atoms with Crippen LogP contribution in [0.5, 0.6) is 0 Å². The Morgan fingerprint density at radius 3 is 2.59 bits per heavy atom. The van der Waals surface area contributed by atoms with Crippen molar-refractivity contribution in [2.45, 2.75) is 45.4 Å². The molecule has 32 heavy (non-hydrogen) atoms. The van der Waals surface area contributed by atoms with E-state index >= 15 is 0 Å². The second kappa shape index (κ2) is 10.2. The van der Waals surface area contributed by atoms with E-state index in [1.165, 1.54) is 49.1 Å². The van der Waals surface area contributed by atoms with Crippen molar-refractivity contribution in [3.63, 3.8) is 0 Å². The van der Waals surface area contributed by atoms with E-state index in [9.17, 15) is 0 Å². The largest absolute Gasteiger partial charge is 0.299 e. The molecule has 1 aromatic rings. The number of allylic oxidation sites excluding steroid dienone is 9. The zero-order chi connectivity index (χ0) is 22.5. The van der Waals surface area contributed by atoms with Crippen LogP contribution in [-0.2, 0) is 0 Å². The van der Waals surface area contributed by atoms with Crippen LogP contribution in [0.15, 0.2) is 99.4 Å². The van der Waals surface area contributed by atoms with Gasteiger partial charge in [-0.2, -0.15) is 10.2 Å². The van der Waals surface area contributed by atoms with Crippen LogP contribution >= 0.6 is 0 Å². The third kappa shape index (κ3) is 5.16. The number of azo groups is 1. The predicted octanol–water partition coefficient (Wildman–Crippen LogP) is 7.40. The summed E-state index contributed by atoms with van der Waals surface area (Å²) in [6, 6.07) is 9.09. The second-order valence-corrected chi connectivity index (χ2v) is 9.18. The average Bonchev–Trinajstić information content (AvgIpc) is 3.24. The SMILES string of the molecule is C=C(C)C1=C(N=NC)C(C)=C[C@@H](c2ccc(C3=CCCC(CN4CCCC4)=C3)cc2)C=C1. The molecule has 3 aliphatic rings. The van der Waals surface area contributed by atoms with E-state index in [4.69, 9.17) is 0 Å². The minimum Gasteiger partial charge on any atom is -0.299 e. The lowest BCUT2D eigenvalue weighted by Crippen LogP contribution is -2.22. The van der Waals surface area contributed by atoms with Gasteiger partial charge in [0, 0.05) is 25.1 Å². The molecule has 4 rings (SSSR count). The third-order valence-corrected chi connectivity index (χ3v) is 6.63. The number of hydrogen-bond acceptors (Lipinski definition) is 3. The van der Waals surface area contributed by atoms with Crippen molar-refractivity contribution < 1.29 is 0 Å². The Kier molecular flexibility index (Phi) is 7.16. The molecular weight excluding hydrogens is 390 g/mol. The first-order chi connectivity index (χ1) is 15.5. The number of rotatable bonds is 6. The number of nitrogens with zero attached hydrogens (tertiary/aromatic N) is 3. The van der Waals surface area contributed by atoms with Crippen LogP contribution in [0.25, 0.3) is 5.57 Å². The third-order valence-electron chi connectivity index (χ3n) is 6.63. The lowest BCUT2D eigenvalue weighted by molar-refractivity contribution is 0.364. The van der Waals surface area contributed by atoms with Gasteiger partial charge in [0.05, 0.1) is 5.70 Å². The quantitative estimate of drug-likeness (QED) is 0.436. The van der Waals surface area contributed by atoms with Gasteiger partial charge in [-0.15, -0.1) is 0 Å². The van der Waals surface area contributed by atoms with Gasteiger partial charge in [-0.3, -0.25) is 4.90 Å². The maximum absolute atomic E-state index is 4.38. The summed E-state index contributed by atoms with van der Waals surface area (Å²) in [6.45, 7) is 11.9. The van der Waals surface area contributed by atoms with Crippen LogP contribution in [0.2, 0.25) is 0 Å². The number of hydrogen-bond donors (Lipinski definition) is 0. The Morgan fingerprint density at radius 2 is 1.91 bits per heavy atom. The first-order valence-electron chi connectivity index (χ1n) is 11.8. The highest BCUT2D eigenvalue weighted by Gasteiger charge is 2.17. The van der Waals surface area contributed by atoms with Gasteiger partial charge in [-0.25, -0.2) is 0 Å². The summed E-state index contributed by atoms with van der Waals surface area (Å²) in [5, 5.41) is 8.40. The Hall–Kier alpha value is -2.78. The summed E-state index contributed by atoms with van der Waals surface area (Å²) >= 11 is 0. The van der Waals surface area contributed by atoms with E-state index in [2.05, 4.69) is 83.3 Å². The first kappa shape index (κ1) is 22.4. The van der Waals surface area contributed by atoms with E-state index in [-0.39, 0.29) is 5.92 Å². The van der Waals surface area contributed by atoms with Crippen molar-refractivity contribution in [3.8, 4) is 0 Å². The van der Waals surface area contributed by atoms with Gasteiger partial charge in [-0.1, -0.05) is 66.8 Å². The van der Waals surface area contributed by atoms with Gasteiger partial charge in [0.2, 0.25) is 0 Å². The van der Waals surface area contributed by atoms with Gasteiger partial charge >= 0.3 is 0 Å². The zero-order valence-electron chi connectivity index (χ0n) is 19.8. The van der Waals surface area contributed by atoms with Crippen molar-refractivity contribution in [2.75, 3.05) is 26.7 Å². The fraction of sp³-hybridized carbons (Fsp3) is 0.379. The lowest BCUT2D eigenvalue weighted by Gasteiger charge is -2.20. The molecule has 0 unspecified atom stereocenters. The fourth-order valence-corrected chi connectivity index (χ4v) is 4.90. The minimum absolute atomic E-state index is 0.213. The van der Waals surface area contributed by atoms with Crippen LogP contribution in [0.3, 0.4) is 0 Å². The maximum Gasteiger partial charge on any atom is 0.0953 e.